The summed E-state index contributed by atoms with van der Waals surface area (Å²) in [5.41, 5.74) is 0.978. The Labute approximate surface area is 130 Å². The van der Waals surface area contributed by atoms with Crippen molar-refractivity contribution >= 4 is 39.1 Å². The largest absolute Gasteiger partial charge is 0.455 e. The third-order valence-electron chi connectivity index (χ3n) is 2.50. The summed E-state index contributed by atoms with van der Waals surface area (Å²) < 4.78 is 6.78. The van der Waals surface area contributed by atoms with E-state index in [1.54, 1.807) is 12.1 Å². The lowest BCUT2D eigenvalue weighted by Gasteiger charge is -2.12. The van der Waals surface area contributed by atoms with Crippen molar-refractivity contribution in [2.75, 3.05) is 7.05 Å². The van der Waals surface area contributed by atoms with E-state index in [-0.39, 0.29) is 0 Å². The van der Waals surface area contributed by atoms with Crippen LogP contribution < -0.4 is 10.1 Å². The Morgan fingerprint density at radius 3 is 2.63 bits per heavy atom. The van der Waals surface area contributed by atoms with Gasteiger partial charge in [-0.1, -0.05) is 39.1 Å². The van der Waals surface area contributed by atoms with Crippen molar-refractivity contribution < 1.29 is 4.74 Å². The Bertz CT molecular complexity index is 590. The topological polar surface area (TPSA) is 21.3 Å². The van der Waals surface area contributed by atoms with Crippen LogP contribution in [0.1, 0.15) is 5.56 Å². The SMILES string of the molecule is CNCc1cc(Cl)ccc1Oc1cc(Br)ccc1Cl. The molecule has 19 heavy (non-hydrogen) atoms. The third-order valence-corrected chi connectivity index (χ3v) is 3.54. The summed E-state index contributed by atoms with van der Waals surface area (Å²) in [6, 6.07) is 11.0. The minimum atomic E-state index is 0.563. The van der Waals surface area contributed by atoms with Gasteiger partial charge in [-0.2, -0.15) is 0 Å². The summed E-state index contributed by atoms with van der Waals surface area (Å²) >= 11 is 15.5. The molecule has 5 heteroatoms. The summed E-state index contributed by atoms with van der Waals surface area (Å²) in [5.74, 6) is 1.34. The summed E-state index contributed by atoms with van der Waals surface area (Å²) in [5, 5.41) is 4.32. The molecule has 1 N–H and O–H groups in total. The van der Waals surface area contributed by atoms with Crippen LogP contribution in [0.15, 0.2) is 40.9 Å². The van der Waals surface area contributed by atoms with Crippen LogP contribution in [0.5, 0.6) is 11.5 Å². The predicted molar refractivity (Wildman–Crippen MR) is 83.4 cm³/mol. The maximum Gasteiger partial charge on any atom is 0.147 e. The van der Waals surface area contributed by atoms with E-state index < -0.39 is 0 Å². The number of ether oxygens (including phenoxy) is 1. The highest BCUT2D eigenvalue weighted by atomic mass is 79.9. The van der Waals surface area contributed by atoms with Gasteiger partial charge in [-0.05, 0) is 43.4 Å². The van der Waals surface area contributed by atoms with Crippen molar-refractivity contribution in [3.63, 3.8) is 0 Å². The third kappa shape index (κ3) is 3.86. The molecule has 0 saturated carbocycles. The Hall–Kier alpha value is -0.740. The first kappa shape index (κ1) is 14.7. The summed E-state index contributed by atoms with van der Waals surface area (Å²) in [4.78, 5) is 0. The van der Waals surface area contributed by atoms with Crippen molar-refractivity contribution in [2.24, 2.45) is 0 Å². The molecular formula is C14H12BrCl2NO. The zero-order chi connectivity index (χ0) is 13.8. The molecule has 0 spiro atoms. The van der Waals surface area contributed by atoms with Crippen LogP contribution in [0.2, 0.25) is 10.0 Å². The summed E-state index contributed by atoms with van der Waals surface area (Å²) in [7, 11) is 1.87. The molecule has 2 nitrogen and oxygen atoms in total. The van der Waals surface area contributed by atoms with Crippen LogP contribution in [0, 0.1) is 0 Å². The molecule has 0 aliphatic heterocycles. The molecule has 0 aliphatic carbocycles. The average Bonchev–Trinajstić information content (AvgIpc) is 2.37. The van der Waals surface area contributed by atoms with Gasteiger partial charge in [-0.25, -0.2) is 0 Å². The molecule has 2 rings (SSSR count). The molecule has 2 aromatic carbocycles. The predicted octanol–water partition coefficient (Wildman–Crippen LogP) is 5.27. The van der Waals surface area contributed by atoms with Crippen LogP contribution in [-0.2, 0) is 6.54 Å². The van der Waals surface area contributed by atoms with E-state index in [4.69, 9.17) is 27.9 Å². The number of halogens is 3. The Morgan fingerprint density at radius 1 is 1.11 bits per heavy atom. The first-order chi connectivity index (χ1) is 9.10. The van der Waals surface area contributed by atoms with Crippen molar-refractivity contribution in [3.05, 3.63) is 56.5 Å². The monoisotopic (exact) mass is 359 g/mol. The molecule has 100 valence electrons. The van der Waals surface area contributed by atoms with Gasteiger partial charge in [0.1, 0.15) is 11.5 Å². The first-order valence-corrected chi connectivity index (χ1v) is 7.21. The molecular weight excluding hydrogens is 349 g/mol. The van der Waals surface area contributed by atoms with Gasteiger partial charge in [0.2, 0.25) is 0 Å². The zero-order valence-electron chi connectivity index (χ0n) is 10.2. The highest BCUT2D eigenvalue weighted by Gasteiger charge is 2.08. The van der Waals surface area contributed by atoms with E-state index in [9.17, 15) is 0 Å². The normalized spacial score (nSPS) is 10.5. The quantitative estimate of drug-likeness (QED) is 0.802. The van der Waals surface area contributed by atoms with Crippen LogP contribution in [0.4, 0.5) is 0 Å². The Morgan fingerprint density at radius 2 is 1.89 bits per heavy atom. The second-order valence-electron chi connectivity index (χ2n) is 3.96. The van der Waals surface area contributed by atoms with Gasteiger partial charge in [0.05, 0.1) is 5.02 Å². The average molecular weight is 361 g/mol. The molecule has 0 saturated heterocycles. The van der Waals surface area contributed by atoms with Crippen molar-refractivity contribution in [2.45, 2.75) is 6.54 Å². The molecule has 2 aromatic rings. The minimum absolute atomic E-state index is 0.563. The van der Waals surface area contributed by atoms with Gasteiger partial charge in [-0.15, -0.1) is 0 Å². The van der Waals surface area contributed by atoms with Crippen molar-refractivity contribution in [1.29, 1.82) is 0 Å². The van der Waals surface area contributed by atoms with Crippen molar-refractivity contribution in [3.8, 4) is 11.5 Å². The van der Waals surface area contributed by atoms with Gasteiger partial charge in [0, 0.05) is 21.6 Å². The first-order valence-electron chi connectivity index (χ1n) is 5.66. The van der Waals surface area contributed by atoms with Gasteiger partial charge >= 0.3 is 0 Å². The van der Waals surface area contributed by atoms with E-state index >= 15 is 0 Å². The van der Waals surface area contributed by atoms with E-state index in [2.05, 4.69) is 21.2 Å². The lowest BCUT2D eigenvalue weighted by atomic mass is 10.2. The molecule has 0 heterocycles. The maximum absolute atomic E-state index is 6.12. The van der Waals surface area contributed by atoms with E-state index in [1.807, 2.05) is 31.3 Å². The lowest BCUT2D eigenvalue weighted by Crippen LogP contribution is -2.06. The highest BCUT2D eigenvalue weighted by molar-refractivity contribution is 9.10. The van der Waals surface area contributed by atoms with Crippen molar-refractivity contribution in [1.82, 2.24) is 5.32 Å². The molecule has 0 atom stereocenters. The number of rotatable bonds is 4. The molecule has 0 radical (unpaired) electrons. The second-order valence-corrected chi connectivity index (χ2v) is 5.72. The van der Waals surface area contributed by atoms with Crippen LogP contribution in [0.3, 0.4) is 0 Å². The molecule has 0 fully saturated rings. The van der Waals surface area contributed by atoms with Crippen LogP contribution in [-0.4, -0.2) is 7.05 Å². The number of hydrogen-bond acceptors (Lipinski definition) is 2. The second kappa shape index (κ2) is 6.62. The fourth-order valence-electron chi connectivity index (χ4n) is 1.65. The molecule has 0 aromatic heterocycles. The molecule has 0 unspecified atom stereocenters. The lowest BCUT2D eigenvalue weighted by molar-refractivity contribution is 0.474. The number of hydrogen-bond donors (Lipinski definition) is 1. The van der Waals surface area contributed by atoms with Gasteiger partial charge < -0.3 is 10.1 Å². The maximum atomic E-state index is 6.12. The minimum Gasteiger partial charge on any atom is -0.455 e. The van der Waals surface area contributed by atoms with Crippen LogP contribution in [0.25, 0.3) is 0 Å². The fraction of sp³-hybridized carbons (Fsp3) is 0.143. The summed E-state index contributed by atoms with van der Waals surface area (Å²) in [6.45, 7) is 0.668. The van der Waals surface area contributed by atoms with E-state index in [1.165, 1.54) is 0 Å². The standard InChI is InChI=1S/C14H12BrCl2NO/c1-18-8-9-6-11(16)3-5-13(9)19-14-7-10(15)2-4-12(14)17/h2-7,18H,8H2,1H3. The summed E-state index contributed by atoms with van der Waals surface area (Å²) in [6.07, 6.45) is 0. The van der Waals surface area contributed by atoms with E-state index in [0.717, 1.165) is 15.8 Å². The van der Waals surface area contributed by atoms with Gasteiger partial charge in [0.15, 0.2) is 0 Å². The van der Waals surface area contributed by atoms with Gasteiger partial charge in [-0.3, -0.25) is 0 Å². The molecule has 0 aliphatic rings. The number of nitrogens with one attached hydrogen (secondary N) is 1. The Kier molecular flexibility index (Phi) is 5.11. The highest BCUT2D eigenvalue weighted by Crippen LogP contribution is 2.34. The molecule has 0 bridgehead atoms. The molecule has 0 amide bonds. The smallest absolute Gasteiger partial charge is 0.147 e. The fourth-order valence-corrected chi connectivity index (χ4v) is 2.34. The number of benzene rings is 2. The van der Waals surface area contributed by atoms with E-state index in [0.29, 0.717) is 22.3 Å². The Balaban J connectivity index is 2.34. The van der Waals surface area contributed by atoms with Crippen LogP contribution >= 0.6 is 39.1 Å². The van der Waals surface area contributed by atoms with Gasteiger partial charge in [0.25, 0.3) is 0 Å². The zero-order valence-corrected chi connectivity index (χ0v) is 13.3.